The summed E-state index contributed by atoms with van der Waals surface area (Å²) in [5.41, 5.74) is 7.62. The maximum absolute atomic E-state index is 9.58. The summed E-state index contributed by atoms with van der Waals surface area (Å²) < 4.78 is 0. The van der Waals surface area contributed by atoms with Crippen LogP contribution in [0.3, 0.4) is 0 Å². The molecular weight excluding hydrogens is 200 g/mol. The molecule has 0 bridgehead atoms. The van der Waals surface area contributed by atoms with E-state index in [2.05, 4.69) is 34.3 Å². The van der Waals surface area contributed by atoms with Crippen LogP contribution in [0.4, 0.5) is 0 Å². The summed E-state index contributed by atoms with van der Waals surface area (Å²) in [6.07, 6.45) is -1.78. The molecule has 0 aromatic rings. The van der Waals surface area contributed by atoms with Crippen LogP contribution in [0.5, 0.6) is 0 Å². The van der Waals surface area contributed by atoms with Crippen LogP contribution in [-0.2, 0) is 0 Å². The number of hydrogen-bond acceptors (Lipinski definition) is 4. The van der Waals surface area contributed by atoms with Crippen molar-refractivity contribution >= 4 is 0 Å². The SMILES string of the molecule is [N-]=[N+]=NCC(O)[N+](=O)[O-].c1cc2ccc1=2. The minimum Gasteiger partial charge on any atom is -0.333 e. The van der Waals surface area contributed by atoms with Gasteiger partial charge in [-0.15, -0.1) is 0 Å². The Morgan fingerprint density at radius 1 is 1.47 bits per heavy atom. The number of aliphatic hydroxyl groups excluding tert-OH is 1. The van der Waals surface area contributed by atoms with E-state index in [9.17, 15) is 10.1 Å². The lowest BCUT2D eigenvalue weighted by molar-refractivity contribution is -0.566. The molecule has 7 heteroatoms. The number of nitro groups is 1. The van der Waals surface area contributed by atoms with Crippen molar-refractivity contribution in [3.63, 3.8) is 0 Å². The molecule has 0 spiro atoms. The van der Waals surface area contributed by atoms with Gasteiger partial charge >= 0.3 is 6.23 Å². The van der Waals surface area contributed by atoms with Crippen LogP contribution in [0.1, 0.15) is 0 Å². The zero-order valence-electron chi connectivity index (χ0n) is 7.65. The van der Waals surface area contributed by atoms with Crippen molar-refractivity contribution < 1.29 is 10.0 Å². The molecule has 0 aliphatic heterocycles. The normalized spacial score (nSPS) is 11.5. The molecule has 78 valence electrons. The number of benzene rings is 1. The third-order valence-electron chi connectivity index (χ3n) is 1.77. The largest absolute Gasteiger partial charge is 0.333 e. The molecule has 0 aromatic heterocycles. The summed E-state index contributed by atoms with van der Waals surface area (Å²) >= 11 is 0. The molecule has 0 saturated carbocycles. The summed E-state index contributed by atoms with van der Waals surface area (Å²) in [5, 5.41) is 23.5. The quantitative estimate of drug-likeness (QED) is 0.204. The Labute approximate surface area is 84.1 Å². The van der Waals surface area contributed by atoms with Crippen molar-refractivity contribution in [1.82, 2.24) is 0 Å². The molecule has 1 unspecified atom stereocenters. The van der Waals surface area contributed by atoms with Crippen LogP contribution < -0.4 is 0 Å². The lowest BCUT2D eigenvalue weighted by atomic mass is 10.1. The van der Waals surface area contributed by atoms with Gasteiger partial charge in [0.25, 0.3) is 0 Å². The summed E-state index contributed by atoms with van der Waals surface area (Å²) in [6, 6.07) is 8.48. The van der Waals surface area contributed by atoms with Gasteiger partial charge in [-0.25, -0.2) is 0 Å². The van der Waals surface area contributed by atoms with Crippen LogP contribution in [0, 0.1) is 20.6 Å². The zero-order chi connectivity index (χ0) is 11.3. The zero-order valence-corrected chi connectivity index (χ0v) is 7.65. The second kappa shape index (κ2) is 4.94. The lowest BCUT2D eigenvalue weighted by Crippen LogP contribution is -2.21. The van der Waals surface area contributed by atoms with Gasteiger partial charge in [0.2, 0.25) is 0 Å². The minimum absolute atomic E-state index is 0.524. The summed E-state index contributed by atoms with van der Waals surface area (Å²) in [7, 11) is 0. The molecule has 7 nitrogen and oxygen atoms in total. The van der Waals surface area contributed by atoms with E-state index in [4.69, 9.17) is 10.6 Å². The highest BCUT2D eigenvalue weighted by Crippen LogP contribution is 2.04. The van der Waals surface area contributed by atoms with E-state index in [0.29, 0.717) is 0 Å². The van der Waals surface area contributed by atoms with Gasteiger partial charge in [-0.05, 0) is 16.0 Å². The molecule has 0 radical (unpaired) electrons. The molecule has 1 N–H and O–H groups in total. The van der Waals surface area contributed by atoms with E-state index < -0.39 is 17.7 Å². The molecule has 0 fully saturated rings. The van der Waals surface area contributed by atoms with Crippen LogP contribution in [0.15, 0.2) is 29.4 Å². The Balaban J connectivity index is 0.000000158. The van der Waals surface area contributed by atoms with E-state index >= 15 is 0 Å². The van der Waals surface area contributed by atoms with Crippen LogP contribution in [-0.4, -0.2) is 22.8 Å². The van der Waals surface area contributed by atoms with Crippen molar-refractivity contribution in [1.29, 1.82) is 0 Å². The average molecular weight is 208 g/mol. The predicted octanol–water partition coefficient (Wildman–Crippen LogP) is 1.18. The van der Waals surface area contributed by atoms with Crippen molar-refractivity contribution in [3.05, 3.63) is 55.3 Å². The topological polar surface area (TPSA) is 112 Å². The monoisotopic (exact) mass is 208 g/mol. The highest BCUT2D eigenvalue weighted by atomic mass is 16.7. The molecule has 2 aliphatic rings. The maximum Gasteiger partial charge on any atom is 0.318 e. The van der Waals surface area contributed by atoms with Gasteiger partial charge in [0, 0.05) is 4.91 Å². The van der Waals surface area contributed by atoms with Gasteiger partial charge in [-0.2, -0.15) is 0 Å². The Kier molecular flexibility index (Phi) is 3.61. The average Bonchev–Trinajstić information content (AvgIpc) is 2.20. The molecule has 2 rings (SSSR count). The first-order valence-corrected chi connectivity index (χ1v) is 4.08. The van der Waals surface area contributed by atoms with E-state index in [1.165, 1.54) is 10.4 Å². The first-order valence-electron chi connectivity index (χ1n) is 4.08. The van der Waals surface area contributed by atoms with Gasteiger partial charge in [0.05, 0.1) is 4.92 Å². The Bertz CT molecular complexity index is 445. The fourth-order valence-electron chi connectivity index (χ4n) is 0.839. The summed E-state index contributed by atoms with van der Waals surface area (Å²) in [5.74, 6) is 0. The van der Waals surface area contributed by atoms with Gasteiger partial charge < -0.3 is 5.11 Å². The maximum atomic E-state index is 9.58. The van der Waals surface area contributed by atoms with Crippen LogP contribution in [0.2, 0.25) is 0 Å². The Hall–Kier alpha value is -2.11. The molecule has 0 saturated heterocycles. The van der Waals surface area contributed by atoms with Crippen LogP contribution >= 0.6 is 0 Å². The van der Waals surface area contributed by atoms with Crippen molar-refractivity contribution in [3.8, 4) is 0 Å². The Morgan fingerprint density at radius 3 is 2.13 bits per heavy atom. The minimum atomic E-state index is -1.78. The van der Waals surface area contributed by atoms with Crippen molar-refractivity contribution in [2.45, 2.75) is 6.23 Å². The molecule has 15 heavy (non-hydrogen) atoms. The fraction of sp³-hybridized carbons (Fsp3) is 0.250. The first-order chi connectivity index (χ1) is 7.15. The van der Waals surface area contributed by atoms with Crippen molar-refractivity contribution in [2.75, 3.05) is 6.54 Å². The standard InChI is InChI=1S/C6H4.C2H4N4O3/c1-2-6-4-3-5(1)6;3-5-4-1-2(7)6(8)9/h1-4H;2,7H,1H2. The van der Waals surface area contributed by atoms with E-state index in [0.717, 1.165) is 0 Å². The molecule has 2 aliphatic carbocycles. The number of azide groups is 1. The number of rotatable bonds is 3. The van der Waals surface area contributed by atoms with E-state index in [1.807, 2.05) is 0 Å². The summed E-state index contributed by atoms with van der Waals surface area (Å²) in [6.45, 7) is -0.524. The first kappa shape index (κ1) is 11.0. The molecule has 0 heterocycles. The molecule has 1 atom stereocenters. The van der Waals surface area contributed by atoms with Gasteiger partial charge in [0.15, 0.2) is 0 Å². The summed E-state index contributed by atoms with van der Waals surface area (Å²) in [4.78, 5) is 10.9. The van der Waals surface area contributed by atoms with Gasteiger partial charge in [-0.1, -0.05) is 29.4 Å². The third kappa shape index (κ3) is 2.94. The number of nitrogens with zero attached hydrogens (tertiary/aromatic N) is 4. The van der Waals surface area contributed by atoms with Gasteiger partial charge in [0.1, 0.15) is 6.54 Å². The number of aliphatic hydroxyl groups is 1. The third-order valence-corrected chi connectivity index (χ3v) is 1.77. The second-order valence-corrected chi connectivity index (χ2v) is 2.76. The molecular formula is C8H8N4O3. The number of hydrogen-bond donors (Lipinski definition) is 1. The molecule has 0 aromatic carbocycles. The highest BCUT2D eigenvalue weighted by Gasteiger charge is 2.11. The van der Waals surface area contributed by atoms with E-state index in [1.54, 1.807) is 0 Å². The Morgan fingerprint density at radius 2 is 1.93 bits per heavy atom. The molecule has 0 amide bonds. The lowest BCUT2D eigenvalue weighted by Gasteiger charge is -1.95. The highest BCUT2D eigenvalue weighted by molar-refractivity contribution is 5.22. The van der Waals surface area contributed by atoms with Crippen LogP contribution in [0.25, 0.3) is 10.4 Å². The van der Waals surface area contributed by atoms with Crippen molar-refractivity contribution in [2.24, 2.45) is 5.11 Å². The van der Waals surface area contributed by atoms with E-state index in [-0.39, 0.29) is 0 Å². The second-order valence-electron chi connectivity index (χ2n) is 2.76. The predicted molar refractivity (Wildman–Crippen MR) is 51.1 cm³/mol. The van der Waals surface area contributed by atoms with Gasteiger partial charge in [-0.3, -0.25) is 10.1 Å². The fourth-order valence-corrected chi connectivity index (χ4v) is 0.839. The smallest absolute Gasteiger partial charge is 0.318 e.